The number of nitrogens with one attached hydrogen (secondary N) is 1. The lowest BCUT2D eigenvalue weighted by molar-refractivity contribution is 0.0695. The molecule has 0 atom stereocenters. The van der Waals surface area contributed by atoms with Gasteiger partial charge in [0.1, 0.15) is 0 Å². The van der Waals surface area contributed by atoms with Gasteiger partial charge in [0.15, 0.2) is 0 Å². The van der Waals surface area contributed by atoms with E-state index in [1.165, 1.54) is 17.7 Å². The van der Waals surface area contributed by atoms with Crippen LogP contribution in [0.4, 0.5) is 11.4 Å². The number of aryl methyl sites for hydroxylation is 2. The number of hydrogen-bond acceptors (Lipinski definition) is 4. The van der Waals surface area contributed by atoms with E-state index in [1.807, 2.05) is 23.1 Å². The maximum absolute atomic E-state index is 13.0. The second-order valence-electron chi connectivity index (χ2n) is 9.52. The van der Waals surface area contributed by atoms with Gasteiger partial charge >= 0.3 is 11.9 Å². The SMILES string of the molecule is Cc1ccc(C(=O)O)cc1C(=O)O.O=C(Nc1ccc(C(=O)N2CCCc3ccccc32)cc1)c1cc(Cl)cc(Cl)c1. The summed E-state index contributed by atoms with van der Waals surface area (Å²) >= 11 is 11.9. The zero-order valence-electron chi connectivity index (χ0n) is 22.4. The first-order valence-electron chi connectivity index (χ1n) is 12.9. The molecular weight excluding hydrogens is 579 g/mol. The molecule has 0 aromatic heterocycles. The van der Waals surface area contributed by atoms with Gasteiger partial charge in [0.05, 0.1) is 11.1 Å². The molecule has 0 fully saturated rings. The molecule has 8 nitrogen and oxygen atoms in total. The molecule has 2 amide bonds. The Morgan fingerprint density at radius 1 is 0.762 bits per heavy atom. The second-order valence-corrected chi connectivity index (χ2v) is 10.4. The number of fused-ring (bicyclic) bond motifs is 1. The first-order chi connectivity index (χ1) is 20.0. The van der Waals surface area contributed by atoms with Crippen molar-refractivity contribution in [2.45, 2.75) is 19.8 Å². The number of nitrogens with zero attached hydrogens (tertiary/aromatic N) is 1. The highest BCUT2D eigenvalue weighted by Gasteiger charge is 2.23. The summed E-state index contributed by atoms with van der Waals surface area (Å²) in [6, 6.07) is 23.6. The summed E-state index contributed by atoms with van der Waals surface area (Å²) in [6.07, 6.45) is 1.93. The van der Waals surface area contributed by atoms with E-state index in [9.17, 15) is 19.2 Å². The Morgan fingerprint density at radius 2 is 1.40 bits per heavy atom. The zero-order chi connectivity index (χ0) is 30.4. The molecular formula is C32H26Cl2N2O6. The summed E-state index contributed by atoms with van der Waals surface area (Å²) in [5.41, 5.74) is 4.26. The highest BCUT2D eigenvalue weighted by Crippen LogP contribution is 2.28. The Labute approximate surface area is 252 Å². The number of para-hydroxylation sites is 1. The fourth-order valence-electron chi connectivity index (χ4n) is 4.47. The Hall–Kier alpha value is -4.66. The molecule has 4 aromatic rings. The highest BCUT2D eigenvalue weighted by molar-refractivity contribution is 6.35. The average Bonchev–Trinajstić information content (AvgIpc) is 2.96. The lowest BCUT2D eigenvalue weighted by Gasteiger charge is -2.29. The Balaban J connectivity index is 0.000000262. The van der Waals surface area contributed by atoms with E-state index in [1.54, 1.807) is 49.4 Å². The minimum absolute atomic E-state index is 0.0111. The number of rotatable bonds is 5. The van der Waals surface area contributed by atoms with E-state index in [-0.39, 0.29) is 22.9 Å². The summed E-state index contributed by atoms with van der Waals surface area (Å²) in [5.74, 6) is -2.60. The van der Waals surface area contributed by atoms with Crippen molar-refractivity contribution >= 4 is 58.3 Å². The van der Waals surface area contributed by atoms with Gasteiger partial charge in [-0.2, -0.15) is 0 Å². The van der Waals surface area contributed by atoms with E-state index >= 15 is 0 Å². The molecule has 0 bridgehead atoms. The van der Waals surface area contributed by atoms with Gasteiger partial charge in [-0.1, -0.05) is 47.5 Å². The standard InChI is InChI=1S/C23H18Cl2N2O2.C9H8O4/c24-18-12-17(13-19(25)14-18)22(28)26-20-9-7-16(8-10-20)23(29)27-11-3-5-15-4-1-2-6-21(15)27;1-5-2-3-6(8(10)11)4-7(5)9(12)13/h1-2,4,6-10,12-14H,3,5,11H2,(H,26,28);2-4H,1H3,(H,10,11)(H,12,13). The van der Waals surface area contributed by atoms with Gasteiger partial charge in [-0.25, -0.2) is 9.59 Å². The highest BCUT2D eigenvalue weighted by atomic mass is 35.5. The van der Waals surface area contributed by atoms with Crippen molar-refractivity contribution in [3.05, 3.63) is 128 Å². The first kappa shape index (κ1) is 30.3. The molecule has 1 heterocycles. The molecule has 3 N–H and O–H groups in total. The number of carboxylic acids is 2. The van der Waals surface area contributed by atoms with Crippen molar-refractivity contribution in [1.82, 2.24) is 0 Å². The third kappa shape index (κ3) is 7.34. The van der Waals surface area contributed by atoms with Crippen LogP contribution in [0.15, 0.2) is 84.9 Å². The second kappa shape index (κ2) is 13.3. The van der Waals surface area contributed by atoms with Crippen molar-refractivity contribution < 1.29 is 29.4 Å². The predicted octanol–water partition coefficient (Wildman–Crippen LogP) is 7.23. The molecule has 0 spiro atoms. The molecule has 1 aliphatic rings. The predicted molar refractivity (Wildman–Crippen MR) is 162 cm³/mol. The van der Waals surface area contributed by atoms with E-state index < -0.39 is 11.9 Å². The Bertz CT molecular complexity index is 1650. The number of carbonyl (C=O) groups is 4. The fraction of sp³-hybridized carbons (Fsp3) is 0.125. The first-order valence-corrected chi connectivity index (χ1v) is 13.6. The smallest absolute Gasteiger partial charge is 0.335 e. The van der Waals surface area contributed by atoms with Crippen molar-refractivity contribution in [1.29, 1.82) is 0 Å². The molecule has 0 saturated heterocycles. The number of carboxylic acid groups (broad SMARTS) is 2. The number of aromatic carboxylic acids is 2. The number of benzene rings is 4. The molecule has 0 unspecified atom stereocenters. The van der Waals surface area contributed by atoms with Crippen LogP contribution in [0.2, 0.25) is 10.0 Å². The van der Waals surface area contributed by atoms with Gasteiger partial charge in [0, 0.05) is 39.1 Å². The quantitative estimate of drug-likeness (QED) is 0.221. The fourth-order valence-corrected chi connectivity index (χ4v) is 5.00. The van der Waals surface area contributed by atoms with Crippen LogP contribution in [-0.4, -0.2) is 40.5 Å². The number of halogens is 2. The topological polar surface area (TPSA) is 124 Å². The summed E-state index contributed by atoms with van der Waals surface area (Å²) in [5, 5.41) is 20.8. The van der Waals surface area contributed by atoms with Crippen molar-refractivity contribution in [2.75, 3.05) is 16.8 Å². The molecule has 0 aliphatic carbocycles. The lowest BCUT2D eigenvalue weighted by Crippen LogP contribution is -2.35. The number of amides is 2. The number of carbonyl (C=O) groups excluding carboxylic acids is 2. The van der Waals surface area contributed by atoms with Crippen LogP contribution in [0.1, 0.15) is 59.0 Å². The van der Waals surface area contributed by atoms with Gasteiger partial charge in [-0.3, -0.25) is 9.59 Å². The van der Waals surface area contributed by atoms with Crippen LogP contribution < -0.4 is 10.2 Å². The third-order valence-corrected chi connectivity index (χ3v) is 7.02. The van der Waals surface area contributed by atoms with Crippen LogP contribution in [0.25, 0.3) is 0 Å². The molecule has 4 aromatic carbocycles. The van der Waals surface area contributed by atoms with E-state index in [0.29, 0.717) is 39.0 Å². The van der Waals surface area contributed by atoms with E-state index in [0.717, 1.165) is 24.6 Å². The minimum atomic E-state index is -1.12. The largest absolute Gasteiger partial charge is 0.478 e. The maximum atomic E-state index is 13.0. The van der Waals surface area contributed by atoms with Crippen LogP contribution >= 0.6 is 23.2 Å². The van der Waals surface area contributed by atoms with Crippen molar-refractivity contribution in [3.63, 3.8) is 0 Å². The molecule has 10 heteroatoms. The molecule has 214 valence electrons. The van der Waals surface area contributed by atoms with Gasteiger partial charge in [-0.05, 0) is 91.6 Å². The monoisotopic (exact) mass is 604 g/mol. The third-order valence-electron chi connectivity index (χ3n) is 6.58. The molecule has 5 rings (SSSR count). The maximum Gasteiger partial charge on any atom is 0.335 e. The van der Waals surface area contributed by atoms with Gasteiger partial charge in [0.25, 0.3) is 11.8 Å². The number of hydrogen-bond donors (Lipinski definition) is 3. The van der Waals surface area contributed by atoms with Crippen molar-refractivity contribution in [3.8, 4) is 0 Å². The summed E-state index contributed by atoms with van der Waals surface area (Å²) in [7, 11) is 0. The molecule has 0 radical (unpaired) electrons. The van der Waals surface area contributed by atoms with E-state index in [2.05, 4.69) is 11.4 Å². The van der Waals surface area contributed by atoms with Gasteiger partial charge < -0.3 is 20.4 Å². The van der Waals surface area contributed by atoms with Gasteiger partial charge in [-0.15, -0.1) is 0 Å². The summed E-state index contributed by atoms with van der Waals surface area (Å²) in [6.45, 7) is 2.32. The van der Waals surface area contributed by atoms with Gasteiger partial charge in [0.2, 0.25) is 0 Å². The Morgan fingerprint density at radius 3 is 2.05 bits per heavy atom. The lowest BCUT2D eigenvalue weighted by atomic mass is 10.0. The summed E-state index contributed by atoms with van der Waals surface area (Å²) < 4.78 is 0. The normalized spacial score (nSPS) is 11.9. The summed E-state index contributed by atoms with van der Waals surface area (Å²) in [4.78, 5) is 48.3. The zero-order valence-corrected chi connectivity index (χ0v) is 23.9. The van der Waals surface area contributed by atoms with Crippen LogP contribution in [0, 0.1) is 6.92 Å². The van der Waals surface area contributed by atoms with Crippen LogP contribution in [-0.2, 0) is 6.42 Å². The van der Waals surface area contributed by atoms with E-state index in [4.69, 9.17) is 33.4 Å². The average molecular weight is 605 g/mol. The minimum Gasteiger partial charge on any atom is -0.478 e. The number of anilines is 2. The molecule has 1 aliphatic heterocycles. The van der Waals surface area contributed by atoms with Crippen LogP contribution in [0.5, 0.6) is 0 Å². The molecule has 42 heavy (non-hydrogen) atoms. The Kier molecular flexibility index (Phi) is 9.62. The van der Waals surface area contributed by atoms with Crippen molar-refractivity contribution in [2.24, 2.45) is 0 Å². The molecule has 0 saturated carbocycles. The van der Waals surface area contributed by atoms with Crippen LogP contribution in [0.3, 0.4) is 0 Å².